The van der Waals surface area contributed by atoms with Crippen molar-refractivity contribution in [2.24, 2.45) is 0 Å². The van der Waals surface area contributed by atoms with E-state index in [0.717, 1.165) is 25.0 Å². The third kappa shape index (κ3) is 4.65. The molecule has 1 heterocycles. The molecule has 24 heavy (non-hydrogen) atoms. The predicted octanol–water partition coefficient (Wildman–Crippen LogP) is 1.53. The fraction of sp³-hybridized carbons (Fsp3) is 0.375. The van der Waals surface area contributed by atoms with E-state index in [1.165, 1.54) is 28.6 Å². The zero-order valence-corrected chi connectivity index (χ0v) is 14.2. The highest BCUT2D eigenvalue weighted by Crippen LogP contribution is 2.22. The summed E-state index contributed by atoms with van der Waals surface area (Å²) in [5, 5.41) is 2.55. The van der Waals surface area contributed by atoms with Crippen molar-refractivity contribution in [1.82, 2.24) is 4.31 Å². The Morgan fingerprint density at radius 1 is 1.17 bits per heavy atom. The second kappa shape index (κ2) is 8.07. The maximum Gasteiger partial charge on any atom is 0.330 e. The number of sulfonamides is 1. The van der Waals surface area contributed by atoms with Crippen molar-refractivity contribution in [3.8, 4) is 0 Å². The first kappa shape index (κ1) is 18.2. The number of ether oxygens (including phenoxy) is 1. The topological polar surface area (TPSA) is 92.8 Å². The molecule has 0 unspecified atom stereocenters. The number of amides is 1. The molecule has 1 aromatic carbocycles. The molecule has 1 N–H and O–H groups in total. The Bertz CT molecular complexity index is 719. The van der Waals surface area contributed by atoms with E-state index >= 15 is 0 Å². The molecule has 0 bridgehead atoms. The van der Waals surface area contributed by atoms with Gasteiger partial charge in [-0.05, 0) is 44.0 Å². The molecular weight excluding hydrogens is 332 g/mol. The second-order valence-electron chi connectivity index (χ2n) is 5.21. The van der Waals surface area contributed by atoms with Gasteiger partial charge in [-0.25, -0.2) is 13.2 Å². The van der Waals surface area contributed by atoms with Gasteiger partial charge in [0.25, 0.3) is 0 Å². The molecule has 1 amide bonds. The van der Waals surface area contributed by atoms with Gasteiger partial charge in [-0.2, -0.15) is 4.31 Å². The summed E-state index contributed by atoms with van der Waals surface area (Å²) in [6, 6.07) is 5.94. The smallest absolute Gasteiger partial charge is 0.330 e. The molecule has 1 aliphatic heterocycles. The summed E-state index contributed by atoms with van der Waals surface area (Å²) in [4.78, 5) is 23.0. The molecule has 1 fully saturated rings. The summed E-state index contributed by atoms with van der Waals surface area (Å²) in [6.45, 7) is 2.99. The highest BCUT2D eigenvalue weighted by atomic mass is 32.2. The van der Waals surface area contributed by atoms with Crippen molar-refractivity contribution in [2.75, 3.05) is 25.0 Å². The average molecular weight is 352 g/mol. The molecule has 0 saturated carbocycles. The number of carbonyl (C=O) groups excluding carboxylic acids is 2. The zero-order chi connectivity index (χ0) is 17.6. The molecule has 0 aliphatic carbocycles. The van der Waals surface area contributed by atoms with Gasteiger partial charge in [-0.1, -0.05) is 0 Å². The number of nitrogens with one attached hydrogen (secondary N) is 1. The first-order chi connectivity index (χ1) is 11.4. The zero-order valence-electron chi connectivity index (χ0n) is 13.4. The molecule has 130 valence electrons. The van der Waals surface area contributed by atoms with Gasteiger partial charge in [-0.3, -0.25) is 4.79 Å². The van der Waals surface area contributed by atoms with Crippen LogP contribution in [0.5, 0.6) is 0 Å². The highest BCUT2D eigenvalue weighted by molar-refractivity contribution is 7.89. The van der Waals surface area contributed by atoms with Gasteiger partial charge < -0.3 is 10.1 Å². The molecule has 0 radical (unpaired) electrons. The monoisotopic (exact) mass is 352 g/mol. The van der Waals surface area contributed by atoms with Crippen LogP contribution in [0.15, 0.2) is 41.3 Å². The van der Waals surface area contributed by atoms with Crippen LogP contribution in [0.2, 0.25) is 0 Å². The molecule has 8 heteroatoms. The van der Waals surface area contributed by atoms with Crippen LogP contribution in [0.1, 0.15) is 19.8 Å². The van der Waals surface area contributed by atoms with E-state index in [0.29, 0.717) is 18.8 Å². The van der Waals surface area contributed by atoms with E-state index in [1.807, 2.05) is 0 Å². The summed E-state index contributed by atoms with van der Waals surface area (Å²) in [6.07, 6.45) is 3.85. The molecule has 0 spiro atoms. The highest BCUT2D eigenvalue weighted by Gasteiger charge is 2.26. The van der Waals surface area contributed by atoms with Crippen LogP contribution in [0.3, 0.4) is 0 Å². The maximum absolute atomic E-state index is 12.4. The minimum Gasteiger partial charge on any atom is -0.463 e. The number of carbonyl (C=O) groups is 2. The van der Waals surface area contributed by atoms with Crippen LogP contribution in [0, 0.1) is 0 Å². The van der Waals surface area contributed by atoms with Gasteiger partial charge in [-0.15, -0.1) is 0 Å². The van der Waals surface area contributed by atoms with E-state index in [1.54, 1.807) is 6.92 Å². The predicted molar refractivity (Wildman–Crippen MR) is 88.8 cm³/mol. The van der Waals surface area contributed by atoms with Crippen LogP contribution >= 0.6 is 0 Å². The van der Waals surface area contributed by atoms with Gasteiger partial charge in [0.2, 0.25) is 15.9 Å². The summed E-state index contributed by atoms with van der Waals surface area (Å²) < 4.78 is 30.9. The molecule has 1 aliphatic rings. The quantitative estimate of drug-likeness (QED) is 0.619. The Labute approximate surface area is 141 Å². The van der Waals surface area contributed by atoms with Gasteiger partial charge in [0.1, 0.15) is 0 Å². The third-order valence-corrected chi connectivity index (χ3v) is 5.39. The van der Waals surface area contributed by atoms with Crippen LogP contribution in [0.4, 0.5) is 5.69 Å². The van der Waals surface area contributed by atoms with E-state index in [2.05, 4.69) is 10.1 Å². The molecule has 1 saturated heterocycles. The lowest BCUT2D eigenvalue weighted by molar-refractivity contribution is -0.137. The normalized spacial score (nSPS) is 15.5. The molecule has 0 aromatic heterocycles. The minimum absolute atomic E-state index is 0.199. The van der Waals surface area contributed by atoms with Crippen molar-refractivity contribution in [1.29, 1.82) is 0 Å². The Morgan fingerprint density at radius 2 is 1.79 bits per heavy atom. The van der Waals surface area contributed by atoms with Crippen molar-refractivity contribution in [3.05, 3.63) is 36.4 Å². The lowest BCUT2D eigenvalue weighted by atomic mass is 10.3. The standard InChI is InChI=1S/C16H20N2O5S/c1-2-23-16(20)10-9-15(19)17-13-5-7-14(8-6-13)24(21,22)18-11-3-4-12-18/h5-10H,2-4,11-12H2,1H3,(H,17,19). The summed E-state index contributed by atoms with van der Waals surface area (Å²) in [7, 11) is -3.47. The van der Waals surface area contributed by atoms with Gasteiger partial charge in [0, 0.05) is 30.9 Å². The summed E-state index contributed by atoms with van der Waals surface area (Å²) >= 11 is 0. The van der Waals surface area contributed by atoms with Crippen molar-refractivity contribution in [3.63, 3.8) is 0 Å². The molecular formula is C16H20N2O5S. The Kier molecular flexibility index (Phi) is 6.10. The minimum atomic E-state index is -3.47. The van der Waals surface area contributed by atoms with Crippen LogP contribution in [-0.2, 0) is 24.3 Å². The van der Waals surface area contributed by atoms with E-state index < -0.39 is 21.9 Å². The second-order valence-corrected chi connectivity index (χ2v) is 7.15. The Balaban J connectivity index is 1.99. The lowest BCUT2D eigenvalue weighted by Crippen LogP contribution is -2.27. The van der Waals surface area contributed by atoms with E-state index in [9.17, 15) is 18.0 Å². The molecule has 1 aromatic rings. The number of benzene rings is 1. The molecule has 2 rings (SSSR count). The first-order valence-electron chi connectivity index (χ1n) is 7.69. The van der Waals surface area contributed by atoms with Crippen molar-refractivity contribution >= 4 is 27.6 Å². The summed E-state index contributed by atoms with van der Waals surface area (Å²) in [5.74, 6) is -1.10. The first-order valence-corrected chi connectivity index (χ1v) is 9.13. The lowest BCUT2D eigenvalue weighted by Gasteiger charge is -2.15. The fourth-order valence-electron chi connectivity index (χ4n) is 2.31. The Hall–Kier alpha value is -2.19. The van der Waals surface area contributed by atoms with Crippen LogP contribution in [0.25, 0.3) is 0 Å². The fourth-order valence-corrected chi connectivity index (χ4v) is 3.82. The van der Waals surface area contributed by atoms with Crippen LogP contribution < -0.4 is 5.32 Å². The molecule has 7 nitrogen and oxygen atoms in total. The number of nitrogens with zero attached hydrogens (tertiary/aromatic N) is 1. The number of anilines is 1. The number of rotatable bonds is 6. The third-order valence-electron chi connectivity index (χ3n) is 3.48. The van der Waals surface area contributed by atoms with Crippen LogP contribution in [-0.4, -0.2) is 44.3 Å². The van der Waals surface area contributed by atoms with Gasteiger partial charge in [0.05, 0.1) is 11.5 Å². The summed E-state index contributed by atoms with van der Waals surface area (Å²) in [5.41, 5.74) is 0.439. The van der Waals surface area contributed by atoms with Gasteiger partial charge >= 0.3 is 5.97 Å². The van der Waals surface area contributed by atoms with Crippen molar-refractivity contribution < 1.29 is 22.7 Å². The largest absolute Gasteiger partial charge is 0.463 e. The number of esters is 1. The van der Waals surface area contributed by atoms with E-state index in [-0.39, 0.29) is 11.5 Å². The molecule has 0 atom stereocenters. The van der Waals surface area contributed by atoms with Gasteiger partial charge in [0.15, 0.2) is 0 Å². The van der Waals surface area contributed by atoms with E-state index in [4.69, 9.17) is 0 Å². The average Bonchev–Trinajstić information content (AvgIpc) is 3.09. The Morgan fingerprint density at radius 3 is 2.38 bits per heavy atom. The maximum atomic E-state index is 12.4. The number of hydrogen-bond acceptors (Lipinski definition) is 5. The van der Waals surface area contributed by atoms with Crippen molar-refractivity contribution in [2.45, 2.75) is 24.7 Å². The SMILES string of the molecule is CCOC(=O)C=CC(=O)Nc1ccc(S(=O)(=O)N2CCCC2)cc1. The number of hydrogen-bond donors (Lipinski definition) is 1.